The van der Waals surface area contributed by atoms with E-state index in [1.165, 1.54) is 12.1 Å². The summed E-state index contributed by atoms with van der Waals surface area (Å²) in [5, 5.41) is 10.3. The van der Waals surface area contributed by atoms with Gasteiger partial charge in [0.2, 0.25) is 5.91 Å². The number of hydrogen-bond acceptors (Lipinski definition) is 6. The highest BCUT2D eigenvalue weighted by atomic mass is 32.1. The maximum atomic E-state index is 12.1. The van der Waals surface area contributed by atoms with E-state index in [0.29, 0.717) is 0 Å². The summed E-state index contributed by atoms with van der Waals surface area (Å²) in [5.74, 6) is -2.47. The van der Waals surface area contributed by atoms with Crippen molar-refractivity contribution >= 4 is 41.0 Å². The molecule has 0 radical (unpaired) electrons. The first-order valence-electron chi connectivity index (χ1n) is 6.65. The molecule has 3 N–H and O–H groups in total. The maximum Gasteiger partial charge on any atom is 0.262 e. The molecule has 122 valence electrons. The zero-order chi connectivity index (χ0) is 17.7. The van der Waals surface area contributed by atoms with Crippen LogP contribution >= 0.6 is 12.2 Å². The fraction of sp³-hybridized carbons (Fsp3) is 0.143. The number of thiocarbonyl (C=S) groups is 1. The molecule has 4 amide bonds. The van der Waals surface area contributed by atoms with Gasteiger partial charge in [0.05, 0.1) is 17.2 Å². The van der Waals surface area contributed by atoms with E-state index in [0.717, 1.165) is 4.90 Å². The van der Waals surface area contributed by atoms with Crippen LogP contribution in [-0.2, 0) is 9.59 Å². The average Bonchev–Trinajstić information content (AvgIpc) is 2.79. The molecular formula is C14H11N5O4S. The minimum absolute atomic E-state index is 0.233. The van der Waals surface area contributed by atoms with E-state index in [-0.39, 0.29) is 22.7 Å². The molecule has 1 aromatic carbocycles. The Bertz CT molecular complexity index is 751. The Hall–Kier alpha value is -3.32. The van der Waals surface area contributed by atoms with E-state index < -0.39 is 30.2 Å². The van der Waals surface area contributed by atoms with Crippen molar-refractivity contribution in [2.45, 2.75) is 6.42 Å². The zero-order valence-corrected chi connectivity index (χ0v) is 13.0. The Morgan fingerprint density at radius 2 is 1.67 bits per heavy atom. The van der Waals surface area contributed by atoms with Crippen LogP contribution in [0.1, 0.15) is 27.1 Å². The van der Waals surface area contributed by atoms with Crippen molar-refractivity contribution in [3.8, 4) is 6.07 Å². The smallest absolute Gasteiger partial charge is 0.262 e. The molecule has 0 saturated heterocycles. The number of benzene rings is 1. The monoisotopic (exact) mass is 345 g/mol. The predicted octanol–water partition coefficient (Wildman–Crippen LogP) is -0.782. The quantitative estimate of drug-likeness (QED) is 0.372. The summed E-state index contributed by atoms with van der Waals surface area (Å²) in [5.41, 5.74) is 4.79. The highest BCUT2D eigenvalue weighted by Gasteiger charge is 2.36. The van der Waals surface area contributed by atoms with Gasteiger partial charge < -0.3 is 5.32 Å². The highest BCUT2D eigenvalue weighted by molar-refractivity contribution is 7.80. The second-order valence-electron chi connectivity index (χ2n) is 4.63. The Morgan fingerprint density at radius 3 is 2.21 bits per heavy atom. The minimum atomic E-state index is -0.712. The molecule has 0 bridgehead atoms. The second-order valence-corrected chi connectivity index (χ2v) is 5.04. The number of nitrogens with one attached hydrogen (secondary N) is 3. The van der Waals surface area contributed by atoms with Gasteiger partial charge >= 0.3 is 0 Å². The summed E-state index contributed by atoms with van der Waals surface area (Å²) >= 11 is 4.77. The van der Waals surface area contributed by atoms with Gasteiger partial charge in [-0.25, -0.2) is 0 Å². The minimum Gasteiger partial charge on any atom is -0.300 e. The average molecular weight is 345 g/mol. The van der Waals surface area contributed by atoms with E-state index in [2.05, 4.69) is 16.2 Å². The van der Waals surface area contributed by atoms with Crippen molar-refractivity contribution in [3.63, 3.8) is 0 Å². The molecule has 1 aliphatic heterocycles. The maximum absolute atomic E-state index is 12.1. The van der Waals surface area contributed by atoms with Crippen molar-refractivity contribution in [2.75, 3.05) is 6.54 Å². The molecule has 2 rings (SSSR count). The van der Waals surface area contributed by atoms with E-state index in [1.807, 2.05) is 0 Å². The number of nitriles is 1. The number of amides is 4. The molecule has 0 aromatic heterocycles. The summed E-state index contributed by atoms with van der Waals surface area (Å²) in [6, 6.07) is 7.89. The Labute approximate surface area is 141 Å². The largest absolute Gasteiger partial charge is 0.300 e. The fourth-order valence-corrected chi connectivity index (χ4v) is 2.13. The van der Waals surface area contributed by atoms with Gasteiger partial charge in [0.25, 0.3) is 17.7 Å². The van der Waals surface area contributed by atoms with Gasteiger partial charge in [0, 0.05) is 0 Å². The molecule has 1 aromatic rings. The number of fused-ring (bicyclic) bond motifs is 1. The summed E-state index contributed by atoms with van der Waals surface area (Å²) in [6.07, 6.45) is -0.376. The lowest BCUT2D eigenvalue weighted by molar-refractivity contribution is -0.121. The second kappa shape index (κ2) is 7.30. The number of carbonyl (C=O) groups is 4. The molecule has 10 heteroatoms. The van der Waals surface area contributed by atoms with Crippen molar-refractivity contribution < 1.29 is 19.2 Å². The standard InChI is InChI=1S/C14H11N5O4S/c15-6-5-10(20)17-18-14(24)16-11(21)7-19-12(22)8-3-1-2-4-9(8)13(19)23/h1-4H,5,7H2,(H,17,20)(H2,16,18,21,24). The SMILES string of the molecule is N#CCC(=O)NNC(=S)NC(=O)CN1C(=O)c2ccccc2C1=O. The van der Waals surface area contributed by atoms with Crippen LogP contribution in [0.5, 0.6) is 0 Å². The zero-order valence-electron chi connectivity index (χ0n) is 12.2. The fourth-order valence-electron chi connectivity index (χ4n) is 1.97. The first-order chi connectivity index (χ1) is 11.4. The van der Waals surface area contributed by atoms with E-state index in [1.54, 1.807) is 18.2 Å². The molecule has 0 atom stereocenters. The first kappa shape index (κ1) is 17.0. The summed E-state index contributed by atoms with van der Waals surface area (Å²) in [6.45, 7) is -0.514. The van der Waals surface area contributed by atoms with Gasteiger partial charge in [-0.1, -0.05) is 12.1 Å². The summed E-state index contributed by atoms with van der Waals surface area (Å²) in [7, 11) is 0. The van der Waals surface area contributed by atoms with E-state index in [9.17, 15) is 19.2 Å². The summed E-state index contributed by atoms with van der Waals surface area (Å²) in [4.78, 5) is 47.9. The molecule has 0 aliphatic carbocycles. The molecule has 0 unspecified atom stereocenters. The summed E-state index contributed by atoms with van der Waals surface area (Å²) < 4.78 is 0. The third-order valence-corrected chi connectivity index (χ3v) is 3.19. The molecular weight excluding hydrogens is 334 g/mol. The Kier molecular flexibility index (Phi) is 5.18. The first-order valence-corrected chi connectivity index (χ1v) is 7.05. The number of rotatable bonds is 3. The van der Waals surface area contributed by atoms with Crippen molar-refractivity contribution in [3.05, 3.63) is 35.4 Å². The molecule has 0 spiro atoms. The predicted molar refractivity (Wildman–Crippen MR) is 84.1 cm³/mol. The van der Waals surface area contributed by atoms with Crippen LogP contribution in [0.4, 0.5) is 0 Å². The molecule has 24 heavy (non-hydrogen) atoms. The lowest BCUT2D eigenvalue weighted by atomic mass is 10.1. The lowest BCUT2D eigenvalue weighted by Crippen LogP contribution is -2.50. The van der Waals surface area contributed by atoms with Crippen LogP contribution in [0.3, 0.4) is 0 Å². The van der Waals surface area contributed by atoms with Crippen LogP contribution in [0.25, 0.3) is 0 Å². The van der Waals surface area contributed by atoms with E-state index >= 15 is 0 Å². The highest BCUT2D eigenvalue weighted by Crippen LogP contribution is 2.21. The van der Waals surface area contributed by atoms with Crippen molar-refractivity contribution in [1.82, 2.24) is 21.1 Å². The van der Waals surface area contributed by atoms with E-state index in [4.69, 9.17) is 17.5 Å². The third-order valence-electron chi connectivity index (χ3n) is 2.99. The third kappa shape index (κ3) is 3.71. The molecule has 0 saturated carbocycles. The van der Waals surface area contributed by atoms with Crippen LogP contribution in [0.2, 0.25) is 0 Å². The molecule has 9 nitrogen and oxygen atoms in total. The molecule has 1 aliphatic rings. The number of hydrogen-bond donors (Lipinski definition) is 3. The van der Waals surface area contributed by atoms with Gasteiger partial charge in [-0.3, -0.25) is 34.9 Å². The van der Waals surface area contributed by atoms with Gasteiger partial charge in [0.1, 0.15) is 13.0 Å². The lowest BCUT2D eigenvalue weighted by Gasteiger charge is -2.14. The van der Waals surface area contributed by atoms with Crippen molar-refractivity contribution in [1.29, 1.82) is 5.26 Å². The molecule has 1 heterocycles. The normalized spacial score (nSPS) is 12.2. The van der Waals surface area contributed by atoms with Gasteiger partial charge in [0.15, 0.2) is 5.11 Å². The van der Waals surface area contributed by atoms with Crippen LogP contribution in [-0.4, -0.2) is 40.2 Å². The van der Waals surface area contributed by atoms with Crippen LogP contribution in [0.15, 0.2) is 24.3 Å². The molecule has 0 fully saturated rings. The number of carbonyl (C=O) groups excluding carboxylic acids is 4. The van der Waals surface area contributed by atoms with Crippen LogP contribution in [0, 0.1) is 11.3 Å². The topological polar surface area (TPSA) is 131 Å². The number of nitrogens with zero attached hydrogens (tertiary/aromatic N) is 2. The van der Waals surface area contributed by atoms with Gasteiger partial charge in [-0.15, -0.1) is 0 Å². The number of imide groups is 1. The Balaban J connectivity index is 1.89. The number of hydrazine groups is 1. The van der Waals surface area contributed by atoms with Crippen molar-refractivity contribution in [2.24, 2.45) is 0 Å². The van der Waals surface area contributed by atoms with Gasteiger partial charge in [-0.05, 0) is 24.4 Å². The Morgan fingerprint density at radius 1 is 1.08 bits per heavy atom. The van der Waals surface area contributed by atoms with Crippen LogP contribution < -0.4 is 16.2 Å². The van der Waals surface area contributed by atoms with Gasteiger partial charge in [-0.2, -0.15) is 5.26 Å².